The topological polar surface area (TPSA) is 63.7 Å². The first-order valence-corrected chi connectivity index (χ1v) is 4.93. The third-order valence-corrected chi connectivity index (χ3v) is 2.15. The molecule has 0 saturated heterocycles. The van der Waals surface area contributed by atoms with Gasteiger partial charge < -0.3 is 4.74 Å². The van der Waals surface area contributed by atoms with Crippen LogP contribution in [0.5, 0.6) is 5.75 Å². The van der Waals surface area contributed by atoms with Crippen LogP contribution < -0.4 is 4.74 Å². The van der Waals surface area contributed by atoms with E-state index in [-0.39, 0.29) is 18.2 Å². The number of aryl methyl sites for hydroxylation is 1. The predicted octanol–water partition coefficient (Wildman–Crippen LogP) is 1.48. The summed E-state index contributed by atoms with van der Waals surface area (Å²) in [6.07, 6.45) is 0.832. The SMILES string of the molecule is CCc1ccc(F)c(OCc2nn[nH]n2)c1. The lowest BCUT2D eigenvalue weighted by atomic mass is 10.1. The fourth-order valence-electron chi connectivity index (χ4n) is 1.26. The van der Waals surface area contributed by atoms with E-state index in [1.54, 1.807) is 12.1 Å². The Kier molecular flexibility index (Phi) is 3.09. The van der Waals surface area contributed by atoms with E-state index >= 15 is 0 Å². The number of aromatic nitrogens is 4. The molecule has 1 aromatic carbocycles. The molecule has 0 bridgehead atoms. The van der Waals surface area contributed by atoms with E-state index in [1.165, 1.54) is 6.07 Å². The second-order valence-electron chi connectivity index (χ2n) is 3.24. The first kappa shape index (κ1) is 10.5. The van der Waals surface area contributed by atoms with Crippen molar-refractivity contribution in [3.63, 3.8) is 0 Å². The van der Waals surface area contributed by atoms with Crippen LogP contribution in [-0.4, -0.2) is 20.6 Å². The van der Waals surface area contributed by atoms with Crippen molar-refractivity contribution >= 4 is 0 Å². The van der Waals surface area contributed by atoms with Gasteiger partial charge in [0.1, 0.15) is 0 Å². The molecule has 1 N–H and O–H groups in total. The largest absolute Gasteiger partial charge is 0.482 e. The van der Waals surface area contributed by atoms with Crippen LogP contribution in [0.15, 0.2) is 18.2 Å². The summed E-state index contributed by atoms with van der Waals surface area (Å²) < 4.78 is 18.6. The van der Waals surface area contributed by atoms with E-state index in [1.807, 2.05) is 6.92 Å². The normalized spacial score (nSPS) is 10.4. The van der Waals surface area contributed by atoms with Gasteiger partial charge in [-0.1, -0.05) is 18.2 Å². The summed E-state index contributed by atoms with van der Waals surface area (Å²) in [6.45, 7) is 2.09. The Hall–Kier alpha value is -1.98. The molecule has 84 valence electrons. The molecule has 0 saturated carbocycles. The molecule has 0 fully saturated rings. The Morgan fingerprint density at radius 1 is 1.44 bits per heavy atom. The second kappa shape index (κ2) is 4.69. The minimum Gasteiger partial charge on any atom is -0.482 e. The third kappa shape index (κ3) is 2.33. The molecule has 0 radical (unpaired) electrons. The van der Waals surface area contributed by atoms with E-state index in [2.05, 4.69) is 20.6 Å². The molecular weight excluding hydrogens is 211 g/mol. The Morgan fingerprint density at radius 3 is 3.00 bits per heavy atom. The van der Waals surface area contributed by atoms with Crippen molar-refractivity contribution in [3.05, 3.63) is 35.4 Å². The smallest absolute Gasteiger partial charge is 0.211 e. The summed E-state index contributed by atoms with van der Waals surface area (Å²) in [5, 5.41) is 13.1. The van der Waals surface area contributed by atoms with Gasteiger partial charge in [-0.25, -0.2) is 4.39 Å². The Labute approximate surface area is 91.6 Å². The van der Waals surface area contributed by atoms with Gasteiger partial charge in [0, 0.05) is 0 Å². The van der Waals surface area contributed by atoms with Crippen molar-refractivity contribution in [3.8, 4) is 5.75 Å². The Morgan fingerprint density at radius 2 is 2.31 bits per heavy atom. The second-order valence-corrected chi connectivity index (χ2v) is 3.24. The lowest BCUT2D eigenvalue weighted by Crippen LogP contribution is -2.00. The van der Waals surface area contributed by atoms with Crippen LogP contribution in [-0.2, 0) is 13.0 Å². The average molecular weight is 222 g/mol. The Bertz CT molecular complexity index is 458. The molecule has 1 heterocycles. The van der Waals surface area contributed by atoms with E-state index in [4.69, 9.17) is 4.74 Å². The summed E-state index contributed by atoms with van der Waals surface area (Å²) in [6, 6.07) is 4.80. The lowest BCUT2D eigenvalue weighted by Gasteiger charge is -2.06. The number of hydrogen-bond donors (Lipinski definition) is 1. The minimum absolute atomic E-state index is 0.0978. The van der Waals surface area contributed by atoms with E-state index in [9.17, 15) is 4.39 Å². The molecule has 2 rings (SSSR count). The number of halogens is 1. The van der Waals surface area contributed by atoms with Crippen molar-refractivity contribution < 1.29 is 9.13 Å². The zero-order chi connectivity index (χ0) is 11.4. The fourth-order valence-corrected chi connectivity index (χ4v) is 1.26. The van der Waals surface area contributed by atoms with Gasteiger partial charge in [-0.3, -0.25) is 0 Å². The molecule has 0 aliphatic carbocycles. The summed E-state index contributed by atoms with van der Waals surface area (Å²) >= 11 is 0. The van der Waals surface area contributed by atoms with Crippen LogP contribution in [0.1, 0.15) is 18.3 Å². The maximum absolute atomic E-state index is 13.3. The standard InChI is InChI=1S/C10H11FN4O/c1-2-7-3-4-8(11)9(5-7)16-6-10-12-14-15-13-10/h3-5H,2,6H2,1H3,(H,12,13,14,15). The van der Waals surface area contributed by atoms with E-state index in [0.717, 1.165) is 12.0 Å². The quantitative estimate of drug-likeness (QED) is 0.851. The Balaban J connectivity index is 2.08. The molecule has 6 heteroatoms. The number of rotatable bonds is 4. The van der Waals surface area contributed by atoms with Crippen molar-refractivity contribution in [2.45, 2.75) is 20.0 Å². The number of benzene rings is 1. The van der Waals surface area contributed by atoms with Crippen molar-refractivity contribution in [2.75, 3.05) is 0 Å². The van der Waals surface area contributed by atoms with E-state index in [0.29, 0.717) is 5.82 Å². The summed E-state index contributed by atoms with van der Waals surface area (Å²) in [4.78, 5) is 0. The molecule has 16 heavy (non-hydrogen) atoms. The van der Waals surface area contributed by atoms with Gasteiger partial charge >= 0.3 is 0 Å². The molecule has 0 unspecified atom stereocenters. The van der Waals surface area contributed by atoms with Gasteiger partial charge in [-0.05, 0) is 24.1 Å². The molecule has 0 amide bonds. The highest BCUT2D eigenvalue weighted by Crippen LogP contribution is 2.19. The number of aromatic amines is 1. The molecule has 1 aromatic heterocycles. The molecule has 0 spiro atoms. The van der Waals surface area contributed by atoms with Crippen LogP contribution in [0.3, 0.4) is 0 Å². The van der Waals surface area contributed by atoms with Gasteiger partial charge in [-0.2, -0.15) is 5.21 Å². The first-order chi connectivity index (χ1) is 7.79. The molecule has 2 aromatic rings. The number of tetrazole rings is 1. The summed E-state index contributed by atoms with van der Waals surface area (Å²) in [5.74, 6) is 0.214. The molecule has 0 aliphatic heterocycles. The molecule has 0 atom stereocenters. The third-order valence-electron chi connectivity index (χ3n) is 2.15. The van der Waals surface area contributed by atoms with Gasteiger partial charge in [0.05, 0.1) is 0 Å². The summed E-state index contributed by atoms with van der Waals surface area (Å²) in [7, 11) is 0. The zero-order valence-corrected chi connectivity index (χ0v) is 8.77. The van der Waals surface area contributed by atoms with Crippen LogP contribution in [0.4, 0.5) is 4.39 Å². The molecule has 0 aliphatic rings. The van der Waals surface area contributed by atoms with Crippen molar-refractivity contribution in [1.82, 2.24) is 20.6 Å². The lowest BCUT2D eigenvalue weighted by molar-refractivity contribution is 0.281. The highest BCUT2D eigenvalue weighted by molar-refractivity contribution is 5.30. The van der Waals surface area contributed by atoms with Gasteiger partial charge in [0.2, 0.25) is 5.82 Å². The number of nitrogens with zero attached hydrogens (tertiary/aromatic N) is 3. The van der Waals surface area contributed by atoms with Crippen molar-refractivity contribution in [2.24, 2.45) is 0 Å². The van der Waals surface area contributed by atoms with Crippen LogP contribution >= 0.6 is 0 Å². The average Bonchev–Trinajstić information content (AvgIpc) is 2.81. The van der Waals surface area contributed by atoms with Gasteiger partial charge in [0.25, 0.3) is 0 Å². The monoisotopic (exact) mass is 222 g/mol. The predicted molar refractivity (Wildman–Crippen MR) is 54.3 cm³/mol. The number of ether oxygens (including phenoxy) is 1. The minimum atomic E-state index is -0.388. The number of H-pyrrole nitrogens is 1. The number of hydrogen-bond acceptors (Lipinski definition) is 4. The summed E-state index contributed by atoms with van der Waals surface area (Å²) in [5.41, 5.74) is 1.02. The fraction of sp³-hybridized carbons (Fsp3) is 0.300. The highest BCUT2D eigenvalue weighted by atomic mass is 19.1. The van der Waals surface area contributed by atoms with Gasteiger partial charge in [0.15, 0.2) is 18.2 Å². The van der Waals surface area contributed by atoms with Crippen LogP contribution in [0.2, 0.25) is 0 Å². The molecule has 5 nitrogen and oxygen atoms in total. The van der Waals surface area contributed by atoms with Crippen molar-refractivity contribution in [1.29, 1.82) is 0 Å². The van der Waals surface area contributed by atoms with E-state index < -0.39 is 0 Å². The number of nitrogens with one attached hydrogen (secondary N) is 1. The van der Waals surface area contributed by atoms with Gasteiger partial charge in [-0.15, -0.1) is 10.2 Å². The molecular formula is C10H11FN4O. The maximum atomic E-state index is 13.3. The highest BCUT2D eigenvalue weighted by Gasteiger charge is 2.06. The first-order valence-electron chi connectivity index (χ1n) is 4.93. The van der Waals surface area contributed by atoms with Crippen LogP contribution in [0.25, 0.3) is 0 Å². The maximum Gasteiger partial charge on any atom is 0.211 e. The zero-order valence-electron chi connectivity index (χ0n) is 8.77. The van der Waals surface area contributed by atoms with Crippen LogP contribution in [0, 0.1) is 5.82 Å².